The summed E-state index contributed by atoms with van der Waals surface area (Å²) < 4.78 is 21.8. The Morgan fingerprint density at radius 3 is 2.41 bits per heavy atom. The Morgan fingerprint density at radius 1 is 1.07 bits per heavy atom. The number of ether oxygens (including phenoxy) is 4. The first-order valence-corrected chi connectivity index (χ1v) is 19.3. The first kappa shape index (κ1) is 33.9. The van der Waals surface area contributed by atoms with E-state index in [9.17, 15) is 14.4 Å². The number of hydrogen-bond donors (Lipinski definition) is 1. The molecule has 3 amide bonds. The van der Waals surface area contributed by atoms with Gasteiger partial charge in [-0.3, -0.25) is 0 Å². The molecule has 1 N–H and O–H groups in total. The van der Waals surface area contributed by atoms with Crippen LogP contribution in [0, 0.1) is 0 Å². The molecule has 0 aromatic heterocycles. The van der Waals surface area contributed by atoms with Crippen LogP contribution >= 0.6 is 23.2 Å². The number of para-hydroxylation sites is 1. The molecule has 0 bridgehead atoms. The summed E-state index contributed by atoms with van der Waals surface area (Å²) in [6, 6.07) is 11.9. The molecule has 240 valence electrons. The van der Waals surface area contributed by atoms with E-state index in [1.54, 1.807) is 17.0 Å². The molecule has 1 fully saturated rings. The van der Waals surface area contributed by atoms with Crippen molar-refractivity contribution >= 4 is 55.1 Å². The Bertz CT molecular complexity index is 1310. The number of esters is 1. The molecule has 2 aromatic rings. The van der Waals surface area contributed by atoms with Crippen LogP contribution in [0.1, 0.15) is 24.0 Å². The summed E-state index contributed by atoms with van der Waals surface area (Å²) in [4.78, 5) is 42.0. The van der Waals surface area contributed by atoms with Gasteiger partial charge in [0.2, 0.25) is 6.10 Å². The van der Waals surface area contributed by atoms with Gasteiger partial charge in [-0.1, -0.05) is 61.0 Å². The smallest absolute Gasteiger partial charge is 0.410 e. The van der Waals surface area contributed by atoms with Crippen molar-refractivity contribution in [3.8, 4) is 5.75 Å². The summed E-state index contributed by atoms with van der Waals surface area (Å²) >= 11 is 12.9. The summed E-state index contributed by atoms with van der Waals surface area (Å²) in [6.07, 6.45) is 0.122. The average Bonchev–Trinajstić information content (AvgIpc) is 3.15. The molecule has 0 radical (unpaired) electrons. The summed E-state index contributed by atoms with van der Waals surface area (Å²) in [5, 5.41) is 3.50. The van der Waals surface area contributed by atoms with Crippen molar-refractivity contribution in [3.63, 3.8) is 0 Å². The third-order valence-corrected chi connectivity index (χ3v) is 10.0. The van der Waals surface area contributed by atoms with Crippen molar-refractivity contribution in [3.05, 3.63) is 57.6 Å². The molecule has 1 saturated heterocycles. The Balaban J connectivity index is 1.30. The van der Waals surface area contributed by atoms with E-state index in [0.29, 0.717) is 44.6 Å². The largest absolute Gasteiger partial charge is 0.466 e. The quantitative estimate of drug-likeness (QED) is 0.127. The van der Waals surface area contributed by atoms with Gasteiger partial charge in [-0.2, -0.15) is 0 Å². The number of carbonyl (C=O) groups excluding carboxylic acids is 3. The highest BCUT2D eigenvalue weighted by molar-refractivity contribution is 6.76. The zero-order chi connectivity index (χ0) is 31.9. The number of nitrogens with one attached hydrogen (secondary N) is 1. The minimum atomic E-state index is -1.22. The van der Waals surface area contributed by atoms with E-state index >= 15 is 0 Å². The Labute approximate surface area is 269 Å². The van der Waals surface area contributed by atoms with Gasteiger partial charge < -0.3 is 34.1 Å². The highest BCUT2D eigenvalue weighted by Crippen LogP contribution is 2.35. The summed E-state index contributed by atoms with van der Waals surface area (Å²) in [7, 11) is 0.0166. The molecule has 2 aliphatic rings. The van der Waals surface area contributed by atoms with Crippen LogP contribution in [-0.2, 0) is 31.8 Å². The van der Waals surface area contributed by atoms with E-state index in [0.717, 1.165) is 23.7 Å². The minimum absolute atomic E-state index is 0.00974. The monoisotopic (exact) mass is 665 g/mol. The molecule has 10 nitrogen and oxygen atoms in total. The number of hydrogen-bond acceptors (Lipinski definition) is 7. The first-order valence-electron chi connectivity index (χ1n) is 14.8. The summed E-state index contributed by atoms with van der Waals surface area (Å²) in [5.41, 5.74) is 2.51. The fourth-order valence-corrected chi connectivity index (χ4v) is 6.62. The van der Waals surface area contributed by atoms with Gasteiger partial charge in [-0.05, 0) is 54.6 Å². The lowest BCUT2D eigenvalue weighted by molar-refractivity contribution is -0.151. The normalized spacial score (nSPS) is 16.5. The van der Waals surface area contributed by atoms with Crippen molar-refractivity contribution in [2.24, 2.45) is 0 Å². The van der Waals surface area contributed by atoms with Crippen molar-refractivity contribution < 1.29 is 33.3 Å². The topological polar surface area (TPSA) is 107 Å². The Morgan fingerprint density at radius 2 is 1.75 bits per heavy atom. The fraction of sp³-hybridized carbons (Fsp3) is 0.516. The van der Waals surface area contributed by atoms with Crippen molar-refractivity contribution in [2.45, 2.75) is 63.5 Å². The second-order valence-electron chi connectivity index (χ2n) is 12.2. The van der Waals surface area contributed by atoms with Gasteiger partial charge in [0.05, 0.1) is 17.2 Å². The van der Waals surface area contributed by atoms with Crippen LogP contribution in [0.2, 0.25) is 35.7 Å². The van der Waals surface area contributed by atoms with Crippen LogP contribution in [-0.4, -0.2) is 88.3 Å². The zero-order valence-electron chi connectivity index (χ0n) is 25.7. The van der Waals surface area contributed by atoms with E-state index in [-0.39, 0.29) is 41.1 Å². The molecule has 2 aromatic carbocycles. The molecule has 2 aliphatic heterocycles. The molecule has 13 heteroatoms. The van der Waals surface area contributed by atoms with E-state index in [2.05, 4.69) is 25.0 Å². The lowest BCUT2D eigenvalue weighted by atomic mass is 10.0. The number of benzene rings is 2. The van der Waals surface area contributed by atoms with Crippen LogP contribution in [0.5, 0.6) is 5.75 Å². The maximum atomic E-state index is 13.1. The predicted octanol–water partition coefficient (Wildman–Crippen LogP) is 6.46. The fourth-order valence-electron chi connectivity index (χ4n) is 5.22. The van der Waals surface area contributed by atoms with Gasteiger partial charge in [0.15, 0.2) is 12.5 Å². The number of piperidine rings is 1. The molecule has 0 unspecified atom stereocenters. The lowest BCUT2D eigenvalue weighted by Gasteiger charge is -2.37. The number of amides is 3. The molecular weight excluding hydrogens is 625 g/mol. The predicted molar refractivity (Wildman–Crippen MR) is 173 cm³/mol. The van der Waals surface area contributed by atoms with Crippen molar-refractivity contribution in [1.82, 2.24) is 9.80 Å². The van der Waals surface area contributed by atoms with E-state index in [4.69, 9.17) is 42.1 Å². The number of anilines is 1. The van der Waals surface area contributed by atoms with Gasteiger partial charge >= 0.3 is 18.1 Å². The molecule has 2 heterocycles. The highest BCUT2D eigenvalue weighted by Gasteiger charge is 2.34. The number of halogens is 2. The second-order valence-corrected chi connectivity index (χ2v) is 18.7. The van der Waals surface area contributed by atoms with Crippen molar-refractivity contribution in [1.29, 1.82) is 0 Å². The zero-order valence-corrected chi connectivity index (χ0v) is 28.2. The van der Waals surface area contributed by atoms with Crippen molar-refractivity contribution in [2.75, 3.05) is 45.5 Å². The average molecular weight is 667 g/mol. The number of carbonyl (C=O) groups is 3. The first-order chi connectivity index (χ1) is 20.9. The van der Waals surface area contributed by atoms with Gasteiger partial charge in [0.25, 0.3) is 0 Å². The van der Waals surface area contributed by atoms with Crippen LogP contribution < -0.4 is 10.1 Å². The van der Waals surface area contributed by atoms with E-state index in [1.807, 2.05) is 29.2 Å². The van der Waals surface area contributed by atoms with E-state index < -0.39 is 26.2 Å². The van der Waals surface area contributed by atoms with E-state index in [1.165, 1.54) is 7.11 Å². The third kappa shape index (κ3) is 9.26. The molecule has 0 saturated carbocycles. The molecule has 1 atom stereocenters. The van der Waals surface area contributed by atoms with Gasteiger partial charge in [-0.25, -0.2) is 14.4 Å². The molecule has 0 aliphatic carbocycles. The minimum Gasteiger partial charge on any atom is -0.466 e. The maximum Gasteiger partial charge on any atom is 0.410 e. The summed E-state index contributed by atoms with van der Waals surface area (Å²) in [5.74, 6) is -0.418. The molecular formula is C31H41Cl2N3O7Si. The van der Waals surface area contributed by atoms with Crippen LogP contribution in [0.15, 0.2) is 36.4 Å². The Kier molecular flexibility index (Phi) is 11.8. The Hall–Kier alpha value is -2.99. The van der Waals surface area contributed by atoms with Crippen LogP contribution in [0.3, 0.4) is 0 Å². The number of methoxy groups -OCH3 is 1. The van der Waals surface area contributed by atoms with Gasteiger partial charge in [-0.15, -0.1) is 0 Å². The van der Waals surface area contributed by atoms with Crippen LogP contribution in [0.4, 0.5) is 15.3 Å². The SMILES string of the molecule is COC(=O)[C@@H](Cc1cc(Cl)c(OCOCC[Si](C)(C)C)c(Cl)c1)OC(=O)N1CCC(N2CCc3ccccc3NC2=O)CC1. The maximum absolute atomic E-state index is 13.1. The molecule has 4 rings (SSSR count). The lowest BCUT2D eigenvalue weighted by Crippen LogP contribution is -2.50. The van der Waals surface area contributed by atoms with Gasteiger partial charge in [0, 0.05) is 52.5 Å². The number of nitrogens with zero attached hydrogens (tertiary/aromatic N) is 2. The number of urea groups is 1. The number of fused-ring (bicyclic) bond motifs is 1. The highest BCUT2D eigenvalue weighted by atomic mass is 35.5. The van der Waals surface area contributed by atoms with Crippen LogP contribution in [0.25, 0.3) is 0 Å². The number of likely N-dealkylation sites (tertiary alicyclic amines) is 1. The number of rotatable bonds is 11. The molecule has 44 heavy (non-hydrogen) atoms. The molecule has 0 spiro atoms. The second kappa shape index (κ2) is 15.3. The third-order valence-electron chi connectivity index (χ3n) is 7.77. The summed E-state index contributed by atoms with van der Waals surface area (Å²) in [6.45, 7) is 8.78. The van der Waals surface area contributed by atoms with Gasteiger partial charge in [0.1, 0.15) is 0 Å². The standard InChI is InChI=1S/C31H41Cl2N3O7Si/c1-40-29(37)27(19-21-17-24(32)28(25(33)18-21)42-20-41-15-16-44(2,3)4)43-31(39)35-12-10-23(11-13-35)36-14-9-22-7-5-6-8-26(22)34-30(36)38/h5-8,17-18,23,27H,9-16,19-20H2,1-4H3,(H,34,38)/t27-/m1/s1.